The summed E-state index contributed by atoms with van der Waals surface area (Å²) < 4.78 is 77.8. The van der Waals surface area contributed by atoms with Crippen molar-refractivity contribution in [3.63, 3.8) is 0 Å². The van der Waals surface area contributed by atoms with Gasteiger partial charge in [0, 0.05) is 17.5 Å². The minimum Gasteiger partial charge on any atom is -0.493 e. The molecule has 0 radical (unpaired) electrons. The number of pyridine rings is 1. The van der Waals surface area contributed by atoms with E-state index in [4.69, 9.17) is 4.74 Å². The van der Waals surface area contributed by atoms with E-state index in [9.17, 15) is 26.7 Å². The van der Waals surface area contributed by atoms with Gasteiger partial charge in [0.05, 0.1) is 35.0 Å². The number of hydrogen-bond acceptors (Lipinski definition) is 3. The third-order valence-corrected chi connectivity index (χ3v) is 5.96. The molecule has 4 aromatic rings. The van der Waals surface area contributed by atoms with Gasteiger partial charge in [-0.15, -0.1) is 0 Å². The number of benzene rings is 2. The summed E-state index contributed by atoms with van der Waals surface area (Å²) >= 11 is 0. The number of ether oxygens (including phenoxy) is 1. The number of nitrogens with one attached hydrogen (secondary N) is 1. The second kappa shape index (κ2) is 8.37. The second-order valence-corrected chi connectivity index (χ2v) is 8.15. The Morgan fingerprint density at radius 2 is 1.74 bits per heavy atom. The number of carbonyl (C=O) groups is 1. The molecule has 0 unspecified atom stereocenters. The fourth-order valence-corrected chi connectivity index (χ4v) is 4.45. The number of aromatic nitrogens is 2. The maximum Gasteiger partial charge on any atom is 0.434 e. The highest BCUT2D eigenvalue weighted by Gasteiger charge is 2.40. The Hall–Kier alpha value is -3.95. The molecular formula is C25H18F5N3O2. The molecular weight excluding hydrogens is 469 g/mol. The van der Waals surface area contributed by atoms with Crippen molar-refractivity contribution in [1.29, 1.82) is 0 Å². The number of carbonyl (C=O) groups excluding carboxylic acids is 1. The fraction of sp³-hybridized carbons (Fsp3) is 0.200. The first-order valence-electron chi connectivity index (χ1n) is 10.7. The molecule has 2 aromatic carbocycles. The van der Waals surface area contributed by atoms with Crippen LogP contribution in [0.15, 0.2) is 54.6 Å². The number of hydrogen-bond donors (Lipinski definition) is 1. The highest BCUT2D eigenvalue weighted by molar-refractivity contribution is 5.97. The maximum absolute atomic E-state index is 14.5. The molecule has 0 bridgehead atoms. The first-order chi connectivity index (χ1) is 16.7. The van der Waals surface area contributed by atoms with E-state index in [2.05, 4.69) is 10.4 Å². The van der Waals surface area contributed by atoms with Crippen molar-refractivity contribution in [3.8, 4) is 16.9 Å². The van der Waals surface area contributed by atoms with Crippen LogP contribution in [0.2, 0.25) is 0 Å². The molecule has 2 aromatic heterocycles. The van der Waals surface area contributed by atoms with Crippen LogP contribution in [0.25, 0.3) is 16.6 Å². The summed E-state index contributed by atoms with van der Waals surface area (Å²) in [6, 6.07) is 11.8. The normalized spacial score (nSPS) is 15.5. The predicted octanol–water partition coefficient (Wildman–Crippen LogP) is 5.86. The highest BCUT2D eigenvalue weighted by atomic mass is 19.4. The summed E-state index contributed by atoms with van der Waals surface area (Å²) in [7, 11) is 0. The Morgan fingerprint density at radius 1 is 1.03 bits per heavy atom. The Balaban J connectivity index is 1.63. The zero-order valence-corrected chi connectivity index (χ0v) is 18.3. The first-order valence-corrected chi connectivity index (χ1v) is 10.7. The molecule has 0 aliphatic carbocycles. The summed E-state index contributed by atoms with van der Waals surface area (Å²) in [5.74, 6) is -2.27. The van der Waals surface area contributed by atoms with Gasteiger partial charge in [0.2, 0.25) is 0 Å². The molecule has 35 heavy (non-hydrogen) atoms. The van der Waals surface area contributed by atoms with E-state index in [0.29, 0.717) is 28.9 Å². The van der Waals surface area contributed by atoms with E-state index in [1.54, 1.807) is 24.3 Å². The van der Waals surface area contributed by atoms with Gasteiger partial charge < -0.3 is 10.1 Å². The van der Waals surface area contributed by atoms with Crippen LogP contribution < -0.4 is 10.1 Å². The molecule has 1 atom stereocenters. The minimum absolute atomic E-state index is 0.0181. The quantitative estimate of drug-likeness (QED) is 0.369. The Bertz CT molecular complexity index is 1440. The molecule has 0 fully saturated rings. The average Bonchev–Trinajstić information content (AvgIpc) is 3.13. The van der Waals surface area contributed by atoms with Gasteiger partial charge in [-0.05, 0) is 37.3 Å². The van der Waals surface area contributed by atoms with Crippen LogP contribution in [-0.4, -0.2) is 22.1 Å². The van der Waals surface area contributed by atoms with Crippen molar-refractivity contribution in [1.82, 2.24) is 14.9 Å². The van der Waals surface area contributed by atoms with Crippen LogP contribution in [0.1, 0.15) is 39.8 Å². The van der Waals surface area contributed by atoms with Gasteiger partial charge in [0.15, 0.2) is 5.69 Å². The van der Waals surface area contributed by atoms with Crippen LogP contribution in [0.4, 0.5) is 22.0 Å². The van der Waals surface area contributed by atoms with Gasteiger partial charge in [-0.25, -0.2) is 13.3 Å². The third-order valence-electron chi connectivity index (χ3n) is 5.96. The summed E-state index contributed by atoms with van der Waals surface area (Å²) in [6.07, 6.45) is -4.60. The number of amides is 1. The van der Waals surface area contributed by atoms with Crippen LogP contribution in [0.5, 0.6) is 5.75 Å². The van der Waals surface area contributed by atoms with Gasteiger partial charge in [-0.1, -0.05) is 24.3 Å². The number of para-hydroxylation sites is 1. The molecule has 0 saturated carbocycles. The Labute approximate surface area is 196 Å². The number of nitrogens with zero attached hydrogens (tertiary/aromatic N) is 2. The number of halogens is 5. The Morgan fingerprint density at radius 3 is 2.46 bits per heavy atom. The largest absolute Gasteiger partial charge is 0.493 e. The van der Waals surface area contributed by atoms with Crippen molar-refractivity contribution in [2.75, 3.05) is 6.61 Å². The standard InChI is InChI=1S/C25H18F5N3O2/c1-13-21(22-16(26)6-4-7-17(22)27)19-10-9-15(23(25(28,29)30)33(19)32-13)24(34)31-18-11-12-35-20-8-3-2-5-14(18)20/h2-10,18H,11-12H2,1H3,(H,31,34)/t18-/m0/s1. The van der Waals surface area contributed by atoms with Crippen LogP contribution in [-0.2, 0) is 6.18 Å². The van der Waals surface area contributed by atoms with Crippen molar-refractivity contribution >= 4 is 11.4 Å². The maximum atomic E-state index is 14.5. The summed E-state index contributed by atoms with van der Waals surface area (Å²) in [5, 5.41) is 6.59. The van der Waals surface area contributed by atoms with E-state index in [-0.39, 0.29) is 16.8 Å². The molecule has 1 N–H and O–H groups in total. The lowest BCUT2D eigenvalue weighted by Gasteiger charge is -2.27. The summed E-state index contributed by atoms with van der Waals surface area (Å²) in [6.45, 7) is 1.65. The van der Waals surface area contributed by atoms with Crippen LogP contribution in [0, 0.1) is 18.6 Å². The molecule has 3 heterocycles. The minimum atomic E-state index is -4.98. The summed E-state index contributed by atoms with van der Waals surface area (Å²) in [4.78, 5) is 13.1. The van der Waals surface area contributed by atoms with Gasteiger partial charge >= 0.3 is 6.18 Å². The van der Waals surface area contributed by atoms with Crippen molar-refractivity contribution < 1.29 is 31.5 Å². The van der Waals surface area contributed by atoms with Gasteiger partial charge in [0.25, 0.3) is 5.91 Å². The van der Waals surface area contributed by atoms with Crippen molar-refractivity contribution in [2.45, 2.75) is 25.6 Å². The van der Waals surface area contributed by atoms with E-state index in [1.165, 1.54) is 13.0 Å². The molecule has 1 aliphatic rings. The zero-order chi connectivity index (χ0) is 24.9. The third kappa shape index (κ3) is 3.88. The SMILES string of the molecule is Cc1nn2c(C(F)(F)F)c(C(=O)N[C@H]3CCOc4ccccc43)ccc2c1-c1c(F)cccc1F. The number of rotatable bonds is 3. The smallest absolute Gasteiger partial charge is 0.434 e. The van der Waals surface area contributed by atoms with Gasteiger partial charge in [-0.3, -0.25) is 4.79 Å². The van der Waals surface area contributed by atoms with E-state index < -0.39 is 46.6 Å². The molecule has 0 spiro atoms. The van der Waals surface area contributed by atoms with E-state index in [1.807, 2.05) is 0 Å². The molecule has 10 heteroatoms. The number of fused-ring (bicyclic) bond motifs is 2. The molecule has 5 rings (SSSR count). The van der Waals surface area contributed by atoms with E-state index in [0.717, 1.165) is 24.3 Å². The van der Waals surface area contributed by atoms with Gasteiger partial charge in [0.1, 0.15) is 17.4 Å². The van der Waals surface area contributed by atoms with Crippen LogP contribution >= 0.6 is 0 Å². The van der Waals surface area contributed by atoms with Gasteiger partial charge in [-0.2, -0.15) is 18.3 Å². The molecule has 5 nitrogen and oxygen atoms in total. The van der Waals surface area contributed by atoms with Crippen LogP contribution in [0.3, 0.4) is 0 Å². The lowest BCUT2D eigenvalue weighted by Crippen LogP contribution is -2.34. The molecule has 1 amide bonds. The molecule has 180 valence electrons. The van der Waals surface area contributed by atoms with Crippen molar-refractivity contribution in [3.05, 3.63) is 88.7 Å². The lowest BCUT2D eigenvalue weighted by atomic mass is 9.99. The number of alkyl halides is 3. The average molecular weight is 487 g/mol. The second-order valence-electron chi connectivity index (χ2n) is 8.15. The topological polar surface area (TPSA) is 55.6 Å². The van der Waals surface area contributed by atoms with Crippen molar-refractivity contribution in [2.24, 2.45) is 0 Å². The number of aryl methyl sites for hydroxylation is 1. The summed E-state index contributed by atoms with van der Waals surface area (Å²) in [5.41, 5.74) is -2.12. The lowest BCUT2D eigenvalue weighted by molar-refractivity contribution is -0.143. The highest BCUT2D eigenvalue weighted by Crippen LogP contribution is 2.38. The predicted molar refractivity (Wildman–Crippen MR) is 117 cm³/mol. The van der Waals surface area contributed by atoms with E-state index >= 15 is 0 Å². The molecule has 1 aliphatic heterocycles. The molecule has 0 saturated heterocycles. The fourth-order valence-electron chi connectivity index (χ4n) is 4.45. The Kier molecular flexibility index (Phi) is 5.46. The zero-order valence-electron chi connectivity index (χ0n) is 18.3. The first kappa shape index (κ1) is 22.8. The monoisotopic (exact) mass is 487 g/mol.